The number of esters is 1. The second-order valence-electron chi connectivity index (χ2n) is 7.01. The van der Waals surface area contributed by atoms with Crippen LogP contribution in [0.25, 0.3) is 10.1 Å². The maximum atomic E-state index is 12.5. The van der Waals surface area contributed by atoms with Crippen LogP contribution in [0.5, 0.6) is 11.5 Å². The Morgan fingerprint density at radius 1 is 1.06 bits per heavy atom. The summed E-state index contributed by atoms with van der Waals surface area (Å²) in [5, 5.41) is 16.0. The third-order valence-corrected chi connectivity index (χ3v) is 6.29. The lowest BCUT2D eigenvalue weighted by atomic mass is 10.2. The second kappa shape index (κ2) is 10.8. The number of carbonyl (C=O) groups excluding carboxylic acids is 2. The molecular weight excluding hydrogens is 494 g/mol. The number of benzene rings is 3. The Balaban J connectivity index is 1.30. The lowest BCUT2D eigenvalue weighted by Gasteiger charge is -2.05. The molecule has 0 spiro atoms. The van der Waals surface area contributed by atoms with Crippen molar-refractivity contribution in [2.24, 2.45) is 5.10 Å². The summed E-state index contributed by atoms with van der Waals surface area (Å²) < 4.78 is 11.5. The van der Waals surface area contributed by atoms with Gasteiger partial charge in [-0.3, -0.25) is 14.9 Å². The van der Waals surface area contributed by atoms with Gasteiger partial charge >= 0.3 is 11.7 Å². The standard InChI is InChI=1S/C24H16ClN3O6S/c25-22-17-5-1-4-8-20(17)35-23(22)24(30)34-16-11-9-15(10-12-16)13-26-27-21(29)14-33-19-7-3-2-6-18(19)28(31)32/h1-13H,14H2,(H,27,29). The Bertz CT molecular complexity index is 1430. The molecule has 0 aliphatic heterocycles. The van der Waals surface area contributed by atoms with E-state index in [2.05, 4.69) is 10.5 Å². The van der Waals surface area contributed by atoms with Gasteiger partial charge in [0.05, 0.1) is 16.2 Å². The first kappa shape index (κ1) is 23.9. The topological polar surface area (TPSA) is 120 Å². The van der Waals surface area contributed by atoms with Gasteiger partial charge in [0.25, 0.3) is 5.91 Å². The van der Waals surface area contributed by atoms with Crippen LogP contribution in [0.2, 0.25) is 5.02 Å². The summed E-state index contributed by atoms with van der Waals surface area (Å²) in [5.41, 5.74) is 2.67. The lowest BCUT2D eigenvalue weighted by Crippen LogP contribution is -2.24. The molecule has 3 aromatic carbocycles. The van der Waals surface area contributed by atoms with Crippen molar-refractivity contribution in [1.29, 1.82) is 0 Å². The fourth-order valence-electron chi connectivity index (χ4n) is 3.01. The highest BCUT2D eigenvalue weighted by Crippen LogP contribution is 2.35. The smallest absolute Gasteiger partial charge is 0.355 e. The molecule has 0 saturated carbocycles. The van der Waals surface area contributed by atoms with Gasteiger partial charge in [-0.25, -0.2) is 10.2 Å². The number of rotatable bonds is 8. The molecular formula is C24H16ClN3O6S. The quantitative estimate of drug-likeness (QED) is 0.114. The fraction of sp³-hybridized carbons (Fsp3) is 0.0417. The number of ether oxygens (including phenoxy) is 2. The number of hydrogen-bond acceptors (Lipinski definition) is 8. The number of nitro benzene ring substituents is 1. The highest BCUT2D eigenvalue weighted by Gasteiger charge is 2.19. The minimum Gasteiger partial charge on any atom is -0.477 e. The predicted octanol–water partition coefficient (Wildman–Crippen LogP) is 5.21. The number of nitrogens with zero attached hydrogens (tertiary/aromatic N) is 2. The highest BCUT2D eigenvalue weighted by molar-refractivity contribution is 7.21. The van der Waals surface area contributed by atoms with Crippen molar-refractivity contribution in [1.82, 2.24) is 5.43 Å². The summed E-state index contributed by atoms with van der Waals surface area (Å²) in [4.78, 5) is 35.1. The van der Waals surface area contributed by atoms with Crippen LogP contribution in [-0.2, 0) is 4.79 Å². The summed E-state index contributed by atoms with van der Waals surface area (Å²) in [6, 6.07) is 19.7. The first-order valence-corrected chi connectivity index (χ1v) is 11.3. The Hall–Kier alpha value is -4.28. The summed E-state index contributed by atoms with van der Waals surface area (Å²) in [7, 11) is 0. The predicted molar refractivity (Wildman–Crippen MR) is 133 cm³/mol. The molecule has 0 aliphatic rings. The molecule has 0 atom stereocenters. The average molecular weight is 510 g/mol. The van der Waals surface area contributed by atoms with Crippen LogP contribution in [0.3, 0.4) is 0 Å². The van der Waals surface area contributed by atoms with Crippen molar-refractivity contribution >= 4 is 56.8 Å². The van der Waals surface area contributed by atoms with E-state index in [-0.39, 0.29) is 11.4 Å². The molecule has 9 nitrogen and oxygen atoms in total. The molecule has 11 heteroatoms. The number of nitrogens with one attached hydrogen (secondary N) is 1. The normalized spacial score (nSPS) is 10.9. The fourth-order valence-corrected chi connectivity index (χ4v) is 4.39. The molecule has 1 N–H and O–H groups in total. The van der Waals surface area contributed by atoms with Gasteiger partial charge in [-0.05, 0) is 42.0 Å². The third kappa shape index (κ3) is 5.81. The number of nitro groups is 1. The van der Waals surface area contributed by atoms with Crippen LogP contribution in [0, 0.1) is 10.1 Å². The molecule has 1 aromatic heterocycles. The summed E-state index contributed by atoms with van der Waals surface area (Å²) in [6.45, 7) is -0.447. The summed E-state index contributed by atoms with van der Waals surface area (Å²) in [6.07, 6.45) is 1.39. The Morgan fingerprint density at radius 3 is 2.51 bits per heavy atom. The van der Waals surface area contributed by atoms with Crippen LogP contribution in [0.1, 0.15) is 15.2 Å². The Morgan fingerprint density at radius 2 is 1.77 bits per heavy atom. The van der Waals surface area contributed by atoms with Gasteiger partial charge in [-0.2, -0.15) is 5.10 Å². The van der Waals surface area contributed by atoms with Gasteiger partial charge in [0.2, 0.25) is 0 Å². The number of halogens is 1. The zero-order chi connectivity index (χ0) is 24.8. The number of carbonyl (C=O) groups is 2. The first-order valence-electron chi connectivity index (χ1n) is 10.1. The number of para-hydroxylation sites is 2. The van der Waals surface area contributed by atoms with Gasteiger partial charge in [0, 0.05) is 16.2 Å². The number of fused-ring (bicyclic) bond motifs is 1. The average Bonchev–Trinajstić information content (AvgIpc) is 3.20. The number of hydrogen-bond donors (Lipinski definition) is 1. The van der Waals surface area contributed by atoms with E-state index in [9.17, 15) is 19.7 Å². The molecule has 0 fully saturated rings. The van der Waals surface area contributed by atoms with Gasteiger partial charge < -0.3 is 9.47 Å². The van der Waals surface area contributed by atoms with Gasteiger partial charge in [0.1, 0.15) is 10.6 Å². The molecule has 4 rings (SSSR count). The third-order valence-electron chi connectivity index (χ3n) is 4.63. The van der Waals surface area contributed by atoms with Crippen LogP contribution >= 0.6 is 22.9 Å². The van der Waals surface area contributed by atoms with E-state index in [0.29, 0.717) is 21.2 Å². The van der Waals surface area contributed by atoms with Crippen LogP contribution < -0.4 is 14.9 Å². The maximum Gasteiger partial charge on any atom is 0.355 e. The van der Waals surface area contributed by atoms with Crippen LogP contribution in [0.15, 0.2) is 77.9 Å². The van der Waals surface area contributed by atoms with Gasteiger partial charge in [-0.15, -0.1) is 11.3 Å². The SMILES string of the molecule is O=C(COc1ccccc1[N+](=O)[O-])NN=Cc1ccc(OC(=O)c2sc3ccccc3c2Cl)cc1. The van der Waals surface area contributed by atoms with Crippen LogP contribution in [-0.4, -0.2) is 29.6 Å². The van der Waals surface area contributed by atoms with Crippen molar-refractivity contribution in [3.8, 4) is 11.5 Å². The van der Waals surface area contributed by atoms with Crippen molar-refractivity contribution in [3.05, 3.63) is 98.4 Å². The monoisotopic (exact) mass is 509 g/mol. The minimum absolute atomic E-state index is 0.0151. The minimum atomic E-state index is -0.594. The molecule has 176 valence electrons. The zero-order valence-corrected chi connectivity index (χ0v) is 19.4. The number of thiophene rings is 1. The Labute approximate surface area is 207 Å². The van der Waals surface area contributed by atoms with E-state index < -0.39 is 23.4 Å². The molecule has 0 saturated heterocycles. The van der Waals surface area contributed by atoms with Gasteiger partial charge in [-0.1, -0.05) is 41.9 Å². The maximum absolute atomic E-state index is 12.5. The molecule has 0 radical (unpaired) electrons. The van der Waals surface area contributed by atoms with E-state index in [1.165, 1.54) is 35.8 Å². The first-order chi connectivity index (χ1) is 16.9. The molecule has 4 aromatic rings. The molecule has 0 unspecified atom stereocenters. The summed E-state index contributed by atoms with van der Waals surface area (Å²) >= 11 is 7.59. The van der Waals surface area contributed by atoms with Crippen molar-refractivity contribution in [3.63, 3.8) is 0 Å². The highest BCUT2D eigenvalue weighted by atomic mass is 35.5. The van der Waals surface area contributed by atoms with E-state index in [0.717, 1.165) is 10.1 Å². The molecule has 35 heavy (non-hydrogen) atoms. The molecule has 1 amide bonds. The van der Waals surface area contributed by atoms with E-state index in [4.69, 9.17) is 21.1 Å². The van der Waals surface area contributed by atoms with Gasteiger partial charge in [0.15, 0.2) is 12.4 Å². The number of hydrazone groups is 1. The second-order valence-corrected chi connectivity index (χ2v) is 8.44. The summed E-state index contributed by atoms with van der Waals surface area (Å²) in [5.74, 6) is -0.838. The van der Waals surface area contributed by atoms with E-state index in [1.54, 1.807) is 30.3 Å². The zero-order valence-electron chi connectivity index (χ0n) is 17.8. The van der Waals surface area contributed by atoms with Crippen molar-refractivity contribution in [2.45, 2.75) is 0 Å². The Kier molecular flexibility index (Phi) is 7.34. The van der Waals surface area contributed by atoms with Crippen molar-refractivity contribution < 1.29 is 24.0 Å². The molecule has 1 heterocycles. The molecule has 0 aliphatic carbocycles. The number of amides is 1. The lowest BCUT2D eigenvalue weighted by molar-refractivity contribution is -0.385. The van der Waals surface area contributed by atoms with Crippen molar-refractivity contribution in [2.75, 3.05) is 6.61 Å². The van der Waals surface area contributed by atoms with Crippen LogP contribution in [0.4, 0.5) is 5.69 Å². The van der Waals surface area contributed by atoms with E-state index >= 15 is 0 Å². The van der Waals surface area contributed by atoms with E-state index in [1.807, 2.05) is 24.3 Å². The largest absolute Gasteiger partial charge is 0.477 e. The molecule has 0 bridgehead atoms.